The quantitative estimate of drug-likeness (QED) is 0.703. The van der Waals surface area contributed by atoms with Crippen molar-refractivity contribution >= 4 is 10.9 Å². The number of fused-ring (bicyclic) bond motifs is 1. The number of aliphatic hydroxyl groups excluding tert-OH is 1. The SMILES string of the molecule is CNCC(O)Cc1c[nH]c2ccccc12. The van der Waals surface area contributed by atoms with Crippen molar-refractivity contribution in [3.63, 3.8) is 0 Å². The largest absolute Gasteiger partial charge is 0.391 e. The first-order valence-corrected chi connectivity index (χ1v) is 5.19. The Bertz CT molecular complexity index is 436. The molecule has 0 saturated heterocycles. The molecule has 3 heteroatoms. The molecule has 0 radical (unpaired) electrons. The summed E-state index contributed by atoms with van der Waals surface area (Å²) >= 11 is 0. The van der Waals surface area contributed by atoms with Crippen molar-refractivity contribution in [3.8, 4) is 0 Å². The smallest absolute Gasteiger partial charge is 0.0705 e. The van der Waals surface area contributed by atoms with E-state index in [1.807, 2.05) is 31.4 Å². The normalized spacial score (nSPS) is 13.2. The lowest BCUT2D eigenvalue weighted by Crippen LogP contribution is -2.25. The topological polar surface area (TPSA) is 48.0 Å². The minimum atomic E-state index is -0.325. The molecule has 1 aromatic heterocycles. The average molecular weight is 204 g/mol. The first kappa shape index (κ1) is 10.2. The molecule has 15 heavy (non-hydrogen) atoms. The standard InChI is InChI=1S/C12H16N2O/c1-13-8-10(15)6-9-7-14-12-5-3-2-4-11(9)12/h2-5,7,10,13-15H,6,8H2,1H3. The highest BCUT2D eigenvalue weighted by atomic mass is 16.3. The predicted molar refractivity (Wildman–Crippen MR) is 61.9 cm³/mol. The third kappa shape index (κ3) is 2.19. The van der Waals surface area contributed by atoms with Crippen LogP contribution in [0.25, 0.3) is 10.9 Å². The van der Waals surface area contributed by atoms with E-state index in [0.717, 1.165) is 5.52 Å². The minimum Gasteiger partial charge on any atom is -0.391 e. The molecule has 0 aliphatic rings. The van der Waals surface area contributed by atoms with Gasteiger partial charge in [0.05, 0.1) is 6.10 Å². The monoisotopic (exact) mass is 204 g/mol. The summed E-state index contributed by atoms with van der Waals surface area (Å²) in [6, 6.07) is 8.15. The van der Waals surface area contributed by atoms with E-state index in [9.17, 15) is 5.11 Å². The molecular weight excluding hydrogens is 188 g/mol. The molecule has 0 saturated carbocycles. The zero-order chi connectivity index (χ0) is 10.7. The van der Waals surface area contributed by atoms with E-state index in [2.05, 4.69) is 16.4 Å². The van der Waals surface area contributed by atoms with E-state index >= 15 is 0 Å². The lowest BCUT2D eigenvalue weighted by Gasteiger charge is -2.08. The van der Waals surface area contributed by atoms with Gasteiger partial charge < -0.3 is 15.4 Å². The molecule has 3 nitrogen and oxygen atoms in total. The fraction of sp³-hybridized carbons (Fsp3) is 0.333. The summed E-state index contributed by atoms with van der Waals surface area (Å²) in [6.07, 6.45) is 2.34. The lowest BCUT2D eigenvalue weighted by atomic mass is 10.1. The van der Waals surface area contributed by atoms with Gasteiger partial charge in [-0.1, -0.05) is 18.2 Å². The molecule has 0 bridgehead atoms. The fourth-order valence-electron chi connectivity index (χ4n) is 1.86. The molecule has 2 rings (SSSR count). The number of aliphatic hydroxyl groups is 1. The summed E-state index contributed by atoms with van der Waals surface area (Å²) in [7, 11) is 1.85. The molecule has 1 atom stereocenters. The van der Waals surface area contributed by atoms with E-state index in [0.29, 0.717) is 13.0 Å². The van der Waals surface area contributed by atoms with Gasteiger partial charge in [0.25, 0.3) is 0 Å². The average Bonchev–Trinajstić information content (AvgIpc) is 2.62. The van der Waals surface area contributed by atoms with Crippen molar-refractivity contribution in [2.24, 2.45) is 0 Å². The van der Waals surface area contributed by atoms with Crippen LogP contribution in [0.4, 0.5) is 0 Å². The summed E-state index contributed by atoms with van der Waals surface area (Å²) in [5.41, 5.74) is 2.30. The van der Waals surface area contributed by atoms with Gasteiger partial charge in [0, 0.05) is 30.1 Å². The number of para-hydroxylation sites is 1. The third-order valence-corrected chi connectivity index (χ3v) is 2.57. The van der Waals surface area contributed by atoms with Gasteiger partial charge in [-0.05, 0) is 18.7 Å². The van der Waals surface area contributed by atoms with E-state index in [4.69, 9.17) is 0 Å². The van der Waals surface area contributed by atoms with Crippen molar-refractivity contribution in [3.05, 3.63) is 36.0 Å². The number of hydrogen-bond donors (Lipinski definition) is 3. The van der Waals surface area contributed by atoms with Crippen molar-refractivity contribution in [1.82, 2.24) is 10.3 Å². The Morgan fingerprint density at radius 3 is 3.00 bits per heavy atom. The Morgan fingerprint density at radius 2 is 2.20 bits per heavy atom. The maximum Gasteiger partial charge on any atom is 0.0705 e. The van der Waals surface area contributed by atoms with Crippen LogP contribution in [0, 0.1) is 0 Å². The predicted octanol–water partition coefficient (Wildman–Crippen LogP) is 1.29. The Hall–Kier alpha value is -1.32. The second kappa shape index (κ2) is 4.47. The van der Waals surface area contributed by atoms with Gasteiger partial charge in [0.1, 0.15) is 0 Å². The number of likely N-dealkylation sites (N-methyl/N-ethyl adjacent to an activating group) is 1. The molecule has 1 unspecified atom stereocenters. The summed E-state index contributed by atoms with van der Waals surface area (Å²) in [4.78, 5) is 3.20. The van der Waals surface area contributed by atoms with Crippen LogP contribution in [0.2, 0.25) is 0 Å². The first-order chi connectivity index (χ1) is 7.31. The highest BCUT2D eigenvalue weighted by Gasteiger charge is 2.08. The number of hydrogen-bond acceptors (Lipinski definition) is 2. The zero-order valence-corrected chi connectivity index (χ0v) is 8.83. The second-order valence-electron chi connectivity index (χ2n) is 3.78. The van der Waals surface area contributed by atoms with Crippen LogP contribution in [-0.4, -0.2) is 29.8 Å². The Morgan fingerprint density at radius 1 is 1.40 bits per heavy atom. The highest BCUT2D eigenvalue weighted by molar-refractivity contribution is 5.83. The maximum atomic E-state index is 9.70. The molecule has 3 N–H and O–H groups in total. The van der Waals surface area contributed by atoms with Crippen LogP contribution in [0.15, 0.2) is 30.5 Å². The zero-order valence-electron chi connectivity index (χ0n) is 8.83. The van der Waals surface area contributed by atoms with Gasteiger partial charge in [-0.15, -0.1) is 0 Å². The molecule has 1 heterocycles. The van der Waals surface area contributed by atoms with Crippen molar-refractivity contribution in [2.75, 3.05) is 13.6 Å². The van der Waals surface area contributed by atoms with Crippen LogP contribution < -0.4 is 5.32 Å². The first-order valence-electron chi connectivity index (χ1n) is 5.19. The van der Waals surface area contributed by atoms with E-state index in [-0.39, 0.29) is 6.10 Å². The number of benzene rings is 1. The van der Waals surface area contributed by atoms with E-state index in [1.54, 1.807) is 0 Å². The molecular formula is C12H16N2O. The van der Waals surface area contributed by atoms with Crippen molar-refractivity contribution in [2.45, 2.75) is 12.5 Å². The number of H-pyrrole nitrogens is 1. The summed E-state index contributed by atoms with van der Waals surface area (Å²) in [5.74, 6) is 0. The summed E-state index contributed by atoms with van der Waals surface area (Å²) < 4.78 is 0. The van der Waals surface area contributed by atoms with Crippen LogP contribution in [0.3, 0.4) is 0 Å². The second-order valence-corrected chi connectivity index (χ2v) is 3.78. The Labute approximate surface area is 89.1 Å². The Balaban J connectivity index is 2.21. The van der Waals surface area contributed by atoms with Gasteiger partial charge in [-0.2, -0.15) is 0 Å². The van der Waals surface area contributed by atoms with Gasteiger partial charge in [0.15, 0.2) is 0 Å². The summed E-state index contributed by atoms with van der Waals surface area (Å²) in [6.45, 7) is 0.625. The summed E-state index contributed by atoms with van der Waals surface area (Å²) in [5, 5.41) is 13.9. The van der Waals surface area contributed by atoms with Gasteiger partial charge in [0.2, 0.25) is 0 Å². The minimum absolute atomic E-state index is 0.325. The molecule has 0 aliphatic heterocycles. The molecule has 0 spiro atoms. The molecule has 0 fully saturated rings. The highest BCUT2D eigenvalue weighted by Crippen LogP contribution is 2.18. The van der Waals surface area contributed by atoms with Gasteiger partial charge >= 0.3 is 0 Å². The Kier molecular flexibility index (Phi) is 3.04. The lowest BCUT2D eigenvalue weighted by molar-refractivity contribution is 0.175. The maximum absolute atomic E-state index is 9.70. The third-order valence-electron chi connectivity index (χ3n) is 2.57. The van der Waals surface area contributed by atoms with Crippen molar-refractivity contribution in [1.29, 1.82) is 0 Å². The van der Waals surface area contributed by atoms with E-state index in [1.165, 1.54) is 10.9 Å². The van der Waals surface area contributed by atoms with Crippen molar-refractivity contribution < 1.29 is 5.11 Å². The van der Waals surface area contributed by atoms with Crippen LogP contribution in [-0.2, 0) is 6.42 Å². The fourth-order valence-corrected chi connectivity index (χ4v) is 1.86. The molecule has 0 amide bonds. The van der Waals surface area contributed by atoms with Crippen LogP contribution >= 0.6 is 0 Å². The van der Waals surface area contributed by atoms with Gasteiger partial charge in [-0.3, -0.25) is 0 Å². The number of aromatic nitrogens is 1. The molecule has 0 aliphatic carbocycles. The number of aromatic amines is 1. The van der Waals surface area contributed by atoms with Gasteiger partial charge in [-0.25, -0.2) is 0 Å². The number of rotatable bonds is 4. The van der Waals surface area contributed by atoms with Crippen LogP contribution in [0.1, 0.15) is 5.56 Å². The van der Waals surface area contributed by atoms with E-state index < -0.39 is 0 Å². The number of nitrogens with one attached hydrogen (secondary N) is 2. The van der Waals surface area contributed by atoms with Crippen LogP contribution in [0.5, 0.6) is 0 Å². The molecule has 80 valence electrons. The molecule has 1 aromatic carbocycles. The molecule has 2 aromatic rings.